The number of aliphatic hydroxyl groups excluding tert-OH is 1. The highest BCUT2D eigenvalue weighted by molar-refractivity contribution is 5.95. The van der Waals surface area contributed by atoms with Crippen molar-refractivity contribution in [3.63, 3.8) is 0 Å². The van der Waals surface area contributed by atoms with E-state index in [1.54, 1.807) is 11.0 Å². The number of nitrogens with zero attached hydrogens (tertiary/aromatic N) is 3. The summed E-state index contributed by atoms with van der Waals surface area (Å²) in [6.07, 6.45) is 3.08. The molecule has 2 heterocycles. The first-order chi connectivity index (χ1) is 11.2. The van der Waals surface area contributed by atoms with Crippen LogP contribution in [-0.4, -0.2) is 45.8 Å². The maximum Gasteiger partial charge on any atom is 0.253 e. The molecule has 1 atom stereocenters. The van der Waals surface area contributed by atoms with E-state index in [2.05, 4.69) is 10.1 Å². The van der Waals surface area contributed by atoms with Crippen LogP contribution in [0.25, 0.3) is 11.4 Å². The van der Waals surface area contributed by atoms with Gasteiger partial charge in [0.15, 0.2) is 0 Å². The van der Waals surface area contributed by atoms with E-state index in [0.29, 0.717) is 36.3 Å². The smallest absolute Gasteiger partial charge is 0.253 e. The maximum absolute atomic E-state index is 12.6. The van der Waals surface area contributed by atoms with Crippen molar-refractivity contribution in [3.8, 4) is 11.4 Å². The molecule has 1 aromatic heterocycles. The van der Waals surface area contributed by atoms with Crippen molar-refractivity contribution in [3.05, 3.63) is 35.7 Å². The van der Waals surface area contributed by atoms with Crippen LogP contribution in [-0.2, 0) is 0 Å². The molecule has 1 aromatic carbocycles. The van der Waals surface area contributed by atoms with Crippen LogP contribution in [0, 0.1) is 5.92 Å². The van der Waals surface area contributed by atoms with Crippen molar-refractivity contribution < 1.29 is 14.4 Å². The summed E-state index contributed by atoms with van der Waals surface area (Å²) in [4.78, 5) is 18.8. The zero-order chi connectivity index (χ0) is 15.8. The average molecular weight is 313 g/mol. The van der Waals surface area contributed by atoms with E-state index in [1.807, 2.05) is 18.2 Å². The summed E-state index contributed by atoms with van der Waals surface area (Å²) >= 11 is 0. The minimum atomic E-state index is -0.00582. The zero-order valence-electron chi connectivity index (χ0n) is 12.8. The van der Waals surface area contributed by atoms with Gasteiger partial charge in [-0.05, 0) is 31.4 Å². The minimum absolute atomic E-state index is 0.00582. The van der Waals surface area contributed by atoms with Crippen molar-refractivity contribution in [1.82, 2.24) is 15.0 Å². The molecule has 0 spiro atoms. The van der Waals surface area contributed by atoms with Crippen LogP contribution in [0.2, 0.25) is 0 Å². The average Bonchev–Trinajstić information content (AvgIpc) is 3.14. The van der Waals surface area contributed by atoms with E-state index >= 15 is 0 Å². The summed E-state index contributed by atoms with van der Waals surface area (Å²) in [6.45, 7) is 1.45. The Bertz CT molecular complexity index is 723. The van der Waals surface area contributed by atoms with Crippen LogP contribution >= 0.6 is 0 Å². The third kappa shape index (κ3) is 2.86. The second-order valence-corrected chi connectivity index (χ2v) is 6.40. The minimum Gasteiger partial charge on any atom is -0.396 e. The first kappa shape index (κ1) is 14.4. The normalized spacial score (nSPS) is 20.9. The molecule has 6 nitrogen and oxygen atoms in total. The molecule has 1 aliphatic carbocycles. The lowest BCUT2D eigenvalue weighted by molar-refractivity contribution is 0.0782. The molecule has 0 radical (unpaired) electrons. The van der Waals surface area contributed by atoms with Crippen molar-refractivity contribution >= 4 is 5.91 Å². The van der Waals surface area contributed by atoms with Crippen LogP contribution in [0.4, 0.5) is 0 Å². The van der Waals surface area contributed by atoms with Gasteiger partial charge in [0.25, 0.3) is 5.91 Å². The van der Waals surface area contributed by atoms with Crippen molar-refractivity contribution in [2.75, 3.05) is 19.7 Å². The Morgan fingerprint density at radius 2 is 2.22 bits per heavy atom. The lowest BCUT2D eigenvalue weighted by atomic mass is 10.1. The molecule has 0 bridgehead atoms. The molecule has 1 unspecified atom stereocenters. The molecule has 2 aromatic rings. The number of carbonyl (C=O) groups is 1. The Hall–Kier alpha value is -2.21. The highest BCUT2D eigenvalue weighted by Crippen LogP contribution is 2.39. The lowest BCUT2D eigenvalue weighted by Crippen LogP contribution is -2.29. The first-order valence-corrected chi connectivity index (χ1v) is 8.09. The Kier molecular flexibility index (Phi) is 3.61. The van der Waals surface area contributed by atoms with Crippen molar-refractivity contribution in [2.45, 2.75) is 25.2 Å². The molecule has 1 saturated carbocycles. The van der Waals surface area contributed by atoms with Gasteiger partial charge in [0, 0.05) is 42.7 Å². The van der Waals surface area contributed by atoms with Gasteiger partial charge < -0.3 is 14.5 Å². The van der Waals surface area contributed by atoms with E-state index in [4.69, 9.17) is 4.52 Å². The standard InChI is InChI=1S/C17H19N3O3/c21-10-11-6-7-20(9-11)17(22)14-3-1-2-13(8-14)15-18-16(23-19-15)12-4-5-12/h1-3,8,11-12,21H,4-7,9-10H2. The number of aliphatic hydroxyl groups is 1. The van der Waals surface area contributed by atoms with Gasteiger partial charge in [-0.2, -0.15) is 4.98 Å². The number of hydrogen-bond acceptors (Lipinski definition) is 5. The fourth-order valence-corrected chi connectivity index (χ4v) is 2.99. The van der Waals surface area contributed by atoms with Crippen LogP contribution in [0.1, 0.15) is 41.4 Å². The maximum atomic E-state index is 12.6. The van der Waals surface area contributed by atoms with Gasteiger partial charge in [-0.1, -0.05) is 17.3 Å². The molecular formula is C17H19N3O3. The molecule has 2 aliphatic rings. The van der Waals surface area contributed by atoms with Crippen molar-refractivity contribution in [2.24, 2.45) is 5.92 Å². The topological polar surface area (TPSA) is 79.5 Å². The summed E-state index contributed by atoms with van der Waals surface area (Å²) < 4.78 is 5.29. The van der Waals surface area contributed by atoms with Gasteiger partial charge in [0.05, 0.1) is 0 Å². The van der Waals surface area contributed by atoms with E-state index in [9.17, 15) is 9.90 Å². The molecule has 1 N–H and O–H groups in total. The molecule has 4 rings (SSSR count). The molecule has 120 valence electrons. The van der Waals surface area contributed by atoms with E-state index in [0.717, 1.165) is 24.8 Å². The first-order valence-electron chi connectivity index (χ1n) is 8.09. The monoisotopic (exact) mass is 313 g/mol. The lowest BCUT2D eigenvalue weighted by Gasteiger charge is -2.16. The molecule has 2 fully saturated rings. The number of likely N-dealkylation sites (tertiary alicyclic amines) is 1. The predicted molar refractivity (Wildman–Crippen MR) is 82.8 cm³/mol. The van der Waals surface area contributed by atoms with Gasteiger partial charge in [0.1, 0.15) is 0 Å². The SMILES string of the molecule is O=C(c1cccc(-c2noc(C3CC3)n2)c1)N1CCC(CO)C1. The Balaban J connectivity index is 1.54. The Morgan fingerprint density at radius 3 is 2.96 bits per heavy atom. The molecular weight excluding hydrogens is 294 g/mol. The molecule has 23 heavy (non-hydrogen) atoms. The van der Waals surface area contributed by atoms with Crippen LogP contribution < -0.4 is 0 Å². The number of carbonyl (C=O) groups excluding carboxylic acids is 1. The zero-order valence-corrected chi connectivity index (χ0v) is 12.8. The number of rotatable bonds is 4. The second-order valence-electron chi connectivity index (χ2n) is 6.40. The van der Waals surface area contributed by atoms with Gasteiger partial charge in [-0.3, -0.25) is 4.79 Å². The summed E-state index contributed by atoms with van der Waals surface area (Å²) in [6, 6.07) is 7.35. The number of amides is 1. The highest BCUT2D eigenvalue weighted by Gasteiger charge is 2.30. The van der Waals surface area contributed by atoms with Gasteiger partial charge in [-0.25, -0.2) is 0 Å². The van der Waals surface area contributed by atoms with E-state index in [-0.39, 0.29) is 18.4 Å². The molecule has 1 amide bonds. The van der Waals surface area contributed by atoms with Crippen LogP contribution in [0.5, 0.6) is 0 Å². The Morgan fingerprint density at radius 1 is 1.35 bits per heavy atom. The third-order valence-corrected chi connectivity index (χ3v) is 4.57. The number of hydrogen-bond donors (Lipinski definition) is 1. The summed E-state index contributed by atoms with van der Waals surface area (Å²) in [7, 11) is 0. The van der Waals surface area contributed by atoms with Gasteiger partial charge >= 0.3 is 0 Å². The number of benzene rings is 1. The molecule has 1 saturated heterocycles. The quantitative estimate of drug-likeness (QED) is 0.934. The van der Waals surface area contributed by atoms with E-state index in [1.165, 1.54) is 0 Å². The number of aromatic nitrogens is 2. The van der Waals surface area contributed by atoms with Crippen LogP contribution in [0.3, 0.4) is 0 Å². The fourth-order valence-electron chi connectivity index (χ4n) is 2.99. The summed E-state index contributed by atoms with van der Waals surface area (Å²) in [5.41, 5.74) is 1.42. The third-order valence-electron chi connectivity index (χ3n) is 4.57. The fraction of sp³-hybridized carbons (Fsp3) is 0.471. The van der Waals surface area contributed by atoms with Gasteiger partial charge in [-0.15, -0.1) is 0 Å². The summed E-state index contributed by atoms with van der Waals surface area (Å²) in [5.74, 6) is 1.84. The second kappa shape index (κ2) is 5.77. The van der Waals surface area contributed by atoms with Crippen molar-refractivity contribution in [1.29, 1.82) is 0 Å². The van der Waals surface area contributed by atoms with Gasteiger partial charge in [0.2, 0.25) is 11.7 Å². The predicted octanol–water partition coefficient (Wildman–Crippen LogP) is 2.07. The Labute approximate surface area is 134 Å². The largest absolute Gasteiger partial charge is 0.396 e. The van der Waals surface area contributed by atoms with Crippen LogP contribution in [0.15, 0.2) is 28.8 Å². The summed E-state index contributed by atoms with van der Waals surface area (Å²) in [5, 5.41) is 13.2. The molecule has 6 heteroatoms. The van der Waals surface area contributed by atoms with E-state index < -0.39 is 0 Å². The highest BCUT2D eigenvalue weighted by atomic mass is 16.5. The molecule has 1 aliphatic heterocycles.